The number of halogens is 2. The van der Waals surface area contributed by atoms with Gasteiger partial charge in [0.15, 0.2) is 5.78 Å². The molecule has 5 heteroatoms. The highest BCUT2D eigenvalue weighted by Gasteiger charge is 2.25. The first-order valence-electron chi connectivity index (χ1n) is 5.05. The van der Waals surface area contributed by atoms with E-state index in [9.17, 15) is 9.18 Å². The zero-order valence-electron chi connectivity index (χ0n) is 9.06. The summed E-state index contributed by atoms with van der Waals surface area (Å²) < 4.78 is 13.6. The average molecular weight is 280 g/mol. The van der Waals surface area contributed by atoms with E-state index in [1.54, 1.807) is 17.5 Å². The first kappa shape index (κ1) is 12.7. The van der Waals surface area contributed by atoms with Crippen LogP contribution in [0.4, 0.5) is 4.39 Å². The van der Waals surface area contributed by atoms with E-state index in [2.05, 4.69) is 0 Å². The largest absolute Gasteiger partial charge is 0.292 e. The molecule has 1 aromatic heterocycles. The Balaban J connectivity index is 2.42. The van der Waals surface area contributed by atoms with Gasteiger partial charge in [0.1, 0.15) is 11.7 Å². The highest BCUT2D eigenvalue weighted by molar-refractivity contribution is 7.10. The zero-order valence-corrected chi connectivity index (χ0v) is 10.6. The van der Waals surface area contributed by atoms with Gasteiger partial charge in [0.2, 0.25) is 0 Å². The van der Waals surface area contributed by atoms with Crippen LogP contribution < -0.4 is 0 Å². The number of rotatable bonds is 3. The van der Waals surface area contributed by atoms with Crippen molar-refractivity contribution in [3.8, 4) is 6.07 Å². The summed E-state index contributed by atoms with van der Waals surface area (Å²) in [7, 11) is 0. The predicted octanol–water partition coefficient (Wildman–Crippen LogP) is 4.03. The molecule has 1 aromatic carbocycles. The summed E-state index contributed by atoms with van der Waals surface area (Å²) in [4.78, 5) is 12.7. The van der Waals surface area contributed by atoms with Crippen LogP contribution in [0.1, 0.15) is 21.2 Å². The van der Waals surface area contributed by atoms with Gasteiger partial charge in [-0.1, -0.05) is 17.7 Å². The van der Waals surface area contributed by atoms with Crippen molar-refractivity contribution in [1.29, 1.82) is 5.26 Å². The Hall–Kier alpha value is -1.70. The maximum Gasteiger partial charge on any atom is 0.188 e. The second-order valence-electron chi connectivity index (χ2n) is 3.57. The molecule has 2 rings (SSSR count). The monoisotopic (exact) mass is 279 g/mol. The van der Waals surface area contributed by atoms with Gasteiger partial charge in [-0.05, 0) is 29.6 Å². The van der Waals surface area contributed by atoms with Crippen LogP contribution in [0.2, 0.25) is 5.02 Å². The van der Waals surface area contributed by atoms with E-state index >= 15 is 0 Å². The maximum atomic E-state index is 13.6. The highest BCUT2D eigenvalue weighted by Crippen LogP contribution is 2.26. The Morgan fingerprint density at radius 3 is 2.83 bits per heavy atom. The molecule has 90 valence electrons. The molecule has 0 amide bonds. The van der Waals surface area contributed by atoms with Gasteiger partial charge < -0.3 is 0 Å². The number of carbonyl (C=O) groups excluding carboxylic acids is 1. The summed E-state index contributed by atoms with van der Waals surface area (Å²) >= 11 is 7.02. The molecule has 0 spiro atoms. The fourth-order valence-electron chi connectivity index (χ4n) is 1.55. The van der Waals surface area contributed by atoms with Gasteiger partial charge in [-0.15, -0.1) is 11.3 Å². The summed E-state index contributed by atoms with van der Waals surface area (Å²) in [6.45, 7) is 0. The van der Waals surface area contributed by atoms with Gasteiger partial charge in [-0.2, -0.15) is 5.26 Å². The number of Topliss-reactive ketones (excluding diaryl/α,β-unsaturated/α-hetero) is 1. The first-order chi connectivity index (χ1) is 8.63. The first-order valence-corrected chi connectivity index (χ1v) is 6.31. The number of nitriles is 1. The molecule has 0 aliphatic rings. The van der Waals surface area contributed by atoms with Crippen LogP contribution in [-0.2, 0) is 0 Å². The summed E-state index contributed by atoms with van der Waals surface area (Å²) in [5, 5.41) is 11.1. The lowest BCUT2D eigenvalue weighted by Gasteiger charge is -2.07. The number of nitrogens with zero attached hydrogens (tertiary/aromatic N) is 1. The topological polar surface area (TPSA) is 40.9 Å². The Morgan fingerprint density at radius 1 is 1.44 bits per heavy atom. The molecule has 1 unspecified atom stereocenters. The minimum Gasteiger partial charge on any atom is -0.292 e. The lowest BCUT2D eigenvalue weighted by Crippen LogP contribution is -2.11. The number of benzene rings is 1. The van der Waals surface area contributed by atoms with Crippen LogP contribution in [0.15, 0.2) is 35.7 Å². The van der Waals surface area contributed by atoms with Crippen molar-refractivity contribution in [1.82, 2.24) is 0 Å². The number of hydrogen-bond acceptors (Lipinski definition) is 3. The normalized spacial score (nSPS) is 11.8. The lowest BCUT2D eigenvalue weighted by molar-refractivity contribution is 0.0976. The Morgan fingerprint density at radius 2 is 2.22 bits per heavy atom. The molecule has 0 saturated heterocycles. The average Bonchev–Trinajstić information content (AvgIpc) is 2.87. The Labute approximate surface area is 112 Å². The van der Waals surface area contributed by atoms with Crippen LogP contribution >= 0.6 is 22.9 Å². The van der Waals surface area contributed by atoms with E-state index in [4.69, 9.17) is 16.9 Å². The highest BCUT2D eigenvalue weighted by atomic mass is 35.5. The zero-order chi connectivity index (χ0) is 13.1. The fourth-order valence-corrected chi connectivity index (χ4v) is 2.49. The van der Waals surface area contributed by atoms with Crippen molar-refractivity contribution in [2.45, 2.75) is 5.92 Å². The SMILES string of the molecule is N#CC(C(=O)c1cc(Cl)ccc1F)c1cccs1. The smallest absolute Gasteiger partial charge is 0.188 e. The second kappa shape index (κ2) is 5.30. The molecular formula is C13H7ClFNOS. The molecule has 2 nitrogen and oxygen atoms in total. The van der Waals surface area contributed by atoms with Gasteiger partial charge in [-0.3, -0.25) is 4.79 Å². The summed E-state index contributed by atoms with van der Waals surface area (Å²) in [5.74, 6) is -2.22. The van der Waals surface area contributed by atoms with Crippen molar-refractivity contribution < 1.29 is 9.18 Å². The van der Waals surface area contributed by atoms with Crippen LogP contribution in [0.5, 0.6) is 0 Å². The van der Waals surface area contributed by atoms with E-state index < -0.39 is 17.5 Å². The van der Waals surface area contributed by atoms with E-state index in [0.29, 0.717) is 4.88 Å². The molecule has 0 fully saturated rings. The Bertz CT molecular complexity index is 618. The molecule has 0 aliphatic carbocycles. The lowest BCUT2D eigenvalue weighted by atomic mass is 9.97. The minimum absolute atomic E-state index is 0.151. The van der Waals surface area contributed by atoms with Crippen molar-refractivity contribution in [3.05, 3.63) is 57.0 Å². The van der Waals surface area contributed by atoms with E-state index in [-0.39, 0.29) is 10.6 Å². The van der Waals surface area contributed by atoms with Gasteiger partial charge in [0.05, 0.1) is 11.6 Å². The van der Waals surface area contributed by atoms with Crippen molar-refractivity contribution in [3.63, 3.8) is 0 Å². The molecule has 2 aromatic rings. The molecule has 1 heterocycles. The van der Waals surface area contributed by atoms with Crippen LogP contribution in [0.3, 0.4) is 0 Å². The third-order valence-electron chi connectivity index (χ3n) is 2.41. The third-order valence-corrected chi connectivity index (χ3v) is 3.59. The number of carbonyl (C=O) groups is 1. The van der Waals surface area contributed by atoms with Gasteiger partial charge in [0, 0.05) is 9.90 Å². The van der Waals surface area contributed by atoms with Crippen LogP contribution in [-0.4, -0.2) is 5.78 Å². The molecule has 0 N–H and O–H groups in total. The minimum atomic E-state index is -0.988. The van der Waals surface area contributed by atoms with Crippen LogP contribution in [0, 0.1) is 17.1 Å². The van der Waals surface area contributed by atoms with E-state index in [1.165, 1.54) is 23.5 Å². The molecule has 0 bridgehead atoms. The van der Waals surface area contributed by atoms with Gasteiger partial charge in [-0.25, -0.2) is 4.39 Å². The summed E-state index contributed by atoms with van der Waals surface area (Å²) in [6, 6.07) is 9.05. The molecule has 1 atom stereocenters. The van der Waals surface area contributed by atoms with Crippen molar-refractivity contribution in [2.24, 2.45) is 0 Å². The van der Waals surface area contributed by atoms with Crippen molar-refractivity contribution in [2.75, 3.05) is 0 Å². The fraction of sp³-hybridized carbons (Fsp3) is 0.0769. The second-order valence-corrected chi connectivity index (χ2v) is 4.98. The standard InChI is InChI=1S/C13H7ClFNOS/c14-8-3-4-11(15)9(6-8)13(17)10(7-16)12-2-1-5-18-12/h1-6,10H. The predicted molar refractivity (Wildman–Crippen MR) is 68.4 cm³/mol. The van der Waals surface area contributed by atoms with E-state index in [0.717, 1.165) is 6.07 Å². The summed E-state index contributed by atoms with van der Waals surface area (Å²) in [6.07, 6.45) is 0. The van der Waals surface area contributed by atoms with E-state index in [1.807, 2.05) is 6.07 Å². The number of ketones is 1. The quantitative estimate of drug-likeness (QED) is 0.796. The summed E-state index contributed by atoms with van der Waals surface area (Å²) in [5.41, 5.74) is -0.151. The van der Waals surface area contributed by atoms with Crippen molar-refractivity contribution >= 4 is 28.7 Å². The molecule has 0 saturated carbocycles. The van der Waals surface area contributed by atoms with Gasteiger partial charge >= 0.3 is 0 Å². The van der Waals surface area contributed by atoms with Gasteiger partial charge in [0.25, 0.3) is 0 Å². The number of thiophene rings is 1. The van der Waals surface area contributed by atoms with Crippen LogP contribution in [0.25, 0.3) is 0 Å². The Kier molecular flexibility index (Phi) is 3.75. The molecule has 0 radical (unpaired) electrons. The molecular weight excluding hydrogens is 273 g/mol. The number of hydrogen-bond donors (Lipinski definition) is 0. The third kappa shape index (κ3) is 2.42. The molecule has 0 aliphatic heterocycles. The molecule has 18 heavy (non-hydrogen) atoms. The maximum absolute atomic E-state index is 13.6.